The van der Waals surface area contributed by atoms with Crippen LogP contribution in [0.1, 0.15) is 52.9 Å². The summed E-state index contributed by atoms with van der Waals surface area (Å²) in [7, 11) is 0. The number of hydrogen-bond donors (Lipinski definition) is 1. The quantitative estimate of drug-likeness (QED) is 0.682. The molecular formula is C14H28N2. The van der Waals surface area contributed by atoms with Gasteiger partial charge in [0.2, 0.25) is 0 Å². The van der Waals surface area contributed by atoms with Gasteiger partial charge in [-0.3, -0.25) is 4.90 Å². The van der Waals surface area contributed by atoms with Gasteiger partial charge in [-0.15, -0.1) is 0 Å². The largest absolute Gasteiger partial charge is 0.313 e. The molecule has 16 heavy (non-hydrogen) atoms. The molecule has 2 unspecified atom stereocenters. The molecule has 0 amide bonds. The van der Waals surface area contributed by atoms with Crippen molar-refractivity contribution < 1.29 is 0 Å². The molecule has 94 valence electrons. The Kier molecular flexibility index (Phi) is 4.26. The third-order valence-electron chi connectivity index (χ3n) is 4.14. The molecule has 0 aromatic rings. The SMILES string of the molecule is CCCNC(C)C(C)N(CC1CC1)C1CC1. The molecule has 0 spiro atoms. The van der Waals surface area contributed by atoms with Gasteiger partial charge in [0.15, 0.2) is 0 Å². The molecule has 0 aromatic carbocycles. The molecule has 0 bridgehead atoms. The van der Waals surface area contributed by atoms with E-state index in [0.717, 1.165) is 18.5 Å². The van der Waals surface area contributed by atoms with Gasteiger partial charge in [0, 0.05) is 24.7 Å². The van der Waals surface area contributed by atoms with Crippen molar-refractivity contribution in [1.82, 2.24) is 10.2 Å². The fourth-order valence-electron chi connectivity index (χ4n) is 2.48. The van der Waals surface area contributed by atoms with E-state index in [2.05, 4.69) is 31.0 Å². The first-order valence-electron chi connectivity index (χ1n) is 7.21. The maximum Gasteiger partial charge on any atom is 0.0221 e. The minimum atomic E-state index is 0.638. The highest BCUT2D eigenvalue weighted by molar-refractivity contribution is 4.93. The first kappa shape index (κ1) is 12.4. The van der Waals surface area contributed by atoms with E-state index >= 15 is 0 Å². The van der Waals surface area contributed by atoms with Crippen LogP contribution in [-0.2, 0) is 0 Å². The predicted molar refractivity (Wildman–Crippen MR) is 69.7 cm³/mol. The molecule has 0 aliphatic heterocycles. The van der Waals surface area contributed by atoms with Gasteiger partial charge in [-0.05, 0) is 58.4 Å². The van der Waals surface area contributed by atoms with Crippen molar-refractivity contribution in [3.8, 4) is 0 Å². The van der Waals surface area contributed by atoms with E-state index in [4.69, 9.17) is 0 Å². The predicted octanol–water partition coefficient (Wildman–Crippen LogP) is 2.64. The van der Waals surface area contributed by atoms with Crippen LogP contribution in [0.2, 0.25) is 0 Å². The summed E-state index contributed by atoms with van der Waals surface area (Å²) in [5, 5.41) is 3.65. The molecule has 2 nitrogen and oxygen atoms in total. The van der Waals surface area contributed by atoms with Gasteiger partial charge in [0.1, 0.15) is 0 Å². The van der Waals surface area contributed by atoms with Crippen LogP contribution in [0.15, 0.2) is 0 Å². The molecule has 2 aliphatic carbocycles. The van der Waals surface area contributed by atoms with E-state index in [1.165, 1.54) is 38.6 Å². The van der Waals surface area contributed by atoms with Crippen LogP contribution in [0, 0.1) is 5.92 Å². The maximum atomic E-state index is 3.65. The van der Waals surface area contributed by atoms with Gasteiger partial charge in [0.05, 0.1) is 0 Å². The third kappa shape index (κ3) is 3.46. The zero-order valence-corrected chi connectivity index (χ0v) is 11.2. The molecule has 2 saturated carbocycles. The summed E-state index contributed by atoms with van der Waals surface area (Å²) in [6, 6.07) is 2.26. The van der Waals surface area contributed by atoms with Crippen molar-refractivity contribution in [2.45, 2.75) is 71.0 Å². The smallest absolute Gasteiger partial charge is 0.0221 e. The van der Waals surface area contributed by atoms with E-state index in [0.29, 0.717) is 12.1 Å². The fourth-order valence-corrected chi connectivity index (χ4v) is 2.48. The Labute approximate surface area is 101 Å². The highest BCUT2D eigenvalue weighted by Crippen LogP contribution is 2.36. The highest BCUT2D eigenvalue weighted by Gasteiger charge is 2.37. The number of rotatable bonds is 8. The second-order valence-electron chi connectivity index (χ2n) is 5.85. The molecule has 0 aromatic heterocycles. The summed E-state index contributed by atoms with van der Waals surface area (Å²) in [4.78, 5) is 2.78. The molecule has 2 aliphatic rings. The Hall–Kier alpha value is -0.0800. The first-order chi connectivity index (χ1) is 7.72. The lowest BCUT2D eigenvalue weighted by Crippen LogP contribution is -2.48. The second-order valence-corrected chi connectivity index (χ2v) is 5.85. The minimum absolute atomic E-state index is 0.638. The molecule has 1 N–H and O–H groups in total. The van der Waals surface area contributed by atoms with E-state index in [-0.39, 0.29) is 0 Å². The lowest BCUT2D eigenvalue weighted by atomic mass is 10.1. The van der Waals surface area contributed by atoms with Crippen LogP contribution in [0.25, 0.3) is 0 Å². The Morgan fingerprint density at radius 3 is 2.38 bits per heavy atom. The second kappa shape index (κ2) is 5.50. The summed E-state index contributed by atoms with van der Waals surface area (Å²) in [6.45, 7) is 9.53. The van der Waals surface area contributed by atoms with Crippen LogP contribution >= 0.6 is 0 Å². The summed E-state index contributed by atoms with van der Waals surface area (Å²) in [6.07, 6.45) is 7.08. The van der Waals surface area contributed by atoms with Crippen molar-refractivity contribution in [3.63, 3.8) is 0 Å². The lowest BCUT2D eigenvalue weighted by molar-refractivity contribution is 0.158. The molecule has 0 radical (unpaired) electrons. The summed E-state index contributed by atoms with van der Waals surface area (Å²) in [5.74, 6) is 1.03. The van der Waals surface area contributed by atoms with Crippen molar-refractivity contribution in [1.29, 1.82) is 0 Å². The monoisotopic (exact) mass is 224 g/mol. The van der Waals surface area contributed by atoms with Crippen LogP contribution in [-0.4, -0.2) is 36.1 Å². The van der Waals surface area contributed by atoms with Crippen molar-refractivity contribution in [2.75, 3.05) is 13.1 Å². The zero-order chi connectivity index (χ0) is 11.5. The molecular weight excluding hydrogens is 196 g/mol. The average molecular weight is 224 g/mol. The maximum absolute atomic E-state index is 3.65. The molecule has 0 saturated heterocycles. The first-order valence-corrected chi connectivity index (χ1v) is 7.21. The van der Waals surface area contributed by atoms with E-state index in [1.54, 1.807) is 0 Å². The summed E-state index contributed by atoms with van der Waals surface area (Å²) in [5.41, 5.74) is 0. The minimum Gasteiger partial charge on any atom is -0.313 e. The van der Waals surface area contributed by atoms with Crippen LogP contribution in [0.3, 0.4) is 0 Å². The van der Waals surface area contributed by atoms with Crippen molar-refractivity contribution >= 4 is 0 Å². The van der Waals surface area contributed by atoms with E-state index in [9.17, 15) is 0 Å². The van der Waals surface area contributed by atoms with E-state index < -0.39 is 0 Å². The lowest BCUT2D eigenvalue weighted by Gasteiger charge is -2.34. The molecule has 2 rings (SSSR count). The zero-order valence-electron chi connectivity index (χ0n) is 11.2. The molecule has 2 heteroatoms. The van der Waals surface area contributed by atoms with Gasteiger partial charge in [0.25, 0.3) is 0 Å². The van der Waals surface area contributed by atoms with Crippen LogP contribution in [0.4, 0.5) is 0 Å². The third-order valence-corrected chi connectivity index (χ3v) is 4.14. The average Bonchev–Trinajstić information content (AvgIpc) is 3.14. The Morgan fingerprint density at radius 2 is 1.88 bits per heavy atom. The number of nitrogens with one attached hydrogen (secondary N) is 1. The standard InChI is InChI=1S/C14H28N2/c1-4-9-15-11(2)12(3)16(14-7-8-14)10-13-5-6-13/h11-15H,4-10H2,1-3H3. The highest BCUT2D eigenvalue weighted by atomic mass is 15.2. The Morgan fingerprint density at radius 1 is 1.19 bits per heavy atom. The Bertz CT molecular complexity index is 209. The molecule has 0 heterocycles. The van der Waals surface area contributed by atoms with Gasteiger partial charge >= 0.3 is 0 Å². The fraction of sp³-hybridized carbons (Fsp3) is 1.00. The van der Waals surface area contributed by atoms with E-state index in [1.807, 2.05) is 0 Å². The molecule has 2 fully saturated rings. The summed E-state index contributed by atoms with van der Waals surface area (Å²) < 4.78 is 0. The molecule has 2 atom stereocenters. The van der Waals surface area contributed by atoms with Crippen molar-refractivity contribution in [3.05, 3.63) is 0 Å². The van der Waals surface area contributed by atoms with Crippen molar-refractivity contribution in [2.24, 2.45) is 5.92 Å². The topological polar surface area (TPSA) is 15.3 Å². The van der Waals surface area contributed by atoms with Gasteiger partial charge in [-0.1, -0.05) is 6.92 Å². The Balaban J connectivity index is 1.79. The number of hydrogen-bond acceptors (Lipinski definition) is 2. The van der Waals surface area contributed by atoms with Gasteiger partial charge in [-0.25, -0.2) is 0 Å². The van der Waals surface area contributed by atoms with Crippen LogP contribution < -0.4 is 5.32 Å². The number of nitrogens with zero attached hydrogens (tertiary/aromatic N) is 1. The summed E-state index contributed by atoms with van der Waals surface area (Å²) >= 11 is 0. The van der Waals surface area contributed by atoms with Gasteiger partial charge < -0.3 is 5.32 Å². The van der Waals surface area contributed by atoms with Crippen LogP contribution in [0.5, 0.6) is 0 Å². The van der Waals surface area contributed by atoms with Gasteiger partial charge in [-0.2, -0.15) is 0 Å². The normalized spacial score (nSPS) is 24.8.